The molecule has 1 aliphatic rings. The van der Waals surface area contributed by atoms with Gasteiger partial charge in [-0.3, -0.25) is 23.2 Å². The van der Waals surface area contributed by atoms with Crippen molar-refractivity contribution in [1.82, 2.24) is 9.55 Å². The molecule has 20 heteroatoms. The van der Waals surface area contributed by atoms with Crippen molar-refractivity contribution < 1.29 is 66.3 Å². The lowest BCUT2D eigenvalue weighted by Gasteiger charge is -2.21. The van der Waals surface area contributed by atoms with Crippen LogP contribution in [0.25, 0.3) is 0 Å². The standard InChI is InChI=1S/C45H83N3O15P2/c1-5-36(4)27-23-19-14-12-10-8-6-7-9-11-13-15-21-25-29-41(50)61-37(32-58-40(49)28-24-20-17-16-18-22-26-35(2)3)33-59-64(54,55)63-65(56,57)60-34-38-42(51)43(52)44(62-38)48-31-30-39(46)47-45(48)53/h30-31,35-38,42-44,51-52H,5-29,32-34H2,1-4H3,(H,54,55)(H,56,57)(H2,46,47,53)/t36?,37-,38-,42+,43?,44-/m1/s1. The third kappa shape index (κ3) is 27.4. The molecule has 1 aliphatic heterocycles. The van der Waals surface area contributed by atoms with Gasteiger partial charge < -0.3 is 39.9 Å². The van der Waals surface area contributed by atoms with Gasteiger partial charge in [0.05, 0.1) is 13.2 Å². The van der Waals surface area contributed by atoms with Gasteiger partial charge in [0.25, 0.3) is 0 Å². The van der Waals surface area contributed by atoms with E-state index in [0.29, 0.717) is 18.8 Å². The molecule has 0 aliphatic carbocycles. The molecule has 6 N–H and O–H groups in total. The Hall–Kier alpha value is -2.24. The van der Waals surface area contributed by atoms with Crippen molar-refractivity contribution in [3.05, 3.63) is 22.7 Å². The summed E-state index contributed by atoms with van der Waals surface area (Å²) in [6.45, 7) is 6.71. The van der Waals surface area contributed by atoms with Gasteiger partial charge in [-0.1, -0.05) is 163 Å². The number of hydrogen-bond acceptors (Lipinski definition) is 15. The Morgan fingerprint density at radius 2 is 1.23 bits per heavy atom. The Kier molecular flexibility index (Phi) is 30.2. The number of aliphatic hydroxyl groups excluding tert-OH is 2. The molecule has 1 aromatic heterocycles. The van der Waals surface area contributed by atoms with Crippen LogP contribution in [0.2, 0.25) is 0 Å². The summed E-state index contributed by atoms with van der Waals surface area (Å²) in [5, 5.41) is 20.9. The summed E-state index contributed by atoms with van der Waals surface area (Å²) in [5.41, 5.74) is 4.58. The number of hydrogen-bond donors (Lipinski definition) is 5. The number of nitrogens with two attached hydrogens (primary N) is 1. The Bertz CT molecular complexity index is 1620. The smallest absolute Gasteiger partial charge is 0.462 e. The minimum absolute atomic E-state index is 0.0559. The summed E-state index contributed by atoms with van der Waals surface area (Å²) >= 11 is 0. The number of carbonyl (C=O) groups is 2. The Labute approximate surface area is 387 Å². The average molecular weight is 968 g/mol. The zero-order valence-electron chi connectivity index (χ0n) is 39.6. The molecule has 1 fully saturated rings. The summed E-state index contributed by atoms with van der Waals surface area (Å²) in [6, 6.07) is 1.25. The van der Waals surface area contributed by atoms with Gasteiger partial charge in [-0.05, 0) is 30.7 Å². The summed E-state index contributed by atoms with van der Waals surface area (Å²) < 4.78 is 56.6. The van der Waals surface area contributed by atoms with Crippen LogP contribution in [0.1, 0.15) is 194 Å². The van der Waals surface area contributed by atoms with E-state index in [1.807, 2.05) is 0 Å². The topological polar surface area (TPSA) is 265 Å². The zero-order chi connectivity index (χ0) is 48.1. The fourth-order valence-electron chi connectivity index (χ4n) is 7.47. The highest BCUT2D eigenvalue weighted by molar-refractivity contribution is 7.61. The Morgan fingerprint density at radius 3 is 1.75 bits per heavy atom. The predicted molar refractivity (Wildman–Crippen MR) is 247 cm³/mol. The van der Waals surface area contributed by atoms with Gasteiger partial charge in [0, 0.05) is 19.0 Å². The molecule has 0 radical (unpaired) electrons. The van der Waals surface area contributed by atoms with Gasteiger partial charge in [0.2, 0.25) is 0 Å². The highest BCUT2D eigenvalue weighted by atomic mass is 31.3. The number of rotatable bonds is 39. The van der Waals surface area contributed by atoms with Crippen LogP contribution in [0, 0.1) is 11.8 Å². The predicted octanol–water partition coefficient (Wildman–Crippen LogP) is 9.21. The van der Waals surface area contributed by atoms with Gasteiger partial charge in [-0.15, -0.1) is 0 Å². The minimum Gasteiger partial charge on any atom is -0.462 e. The van der Waals surface area contributed by atoms with Crippen molar-refractivity contribution in [3.63, 3.8) is 0 Å². The number of nitrogens with zero attached hydrogens (tertiary/aromatic N) is 2. The largest absolute Gasteiger partial charge is 0.481 e. The van der Waals surface area contributed by atoms with E-state index in [1.54, 1.807) is 0 Å². The van der Waals surface area contributed by atoms with Gasteiger partial charge in [0.15, 0.2) is 12.3 Å². The van der Waals surface area contributed by atoms with Gasteiger partial charge in [-0.25, -0.2) is 13.9 Å². The second-order valence-electron chi connectivity index (χ2n) is 18.0. The van der Waals surface area contributed by atoms with Crippen LogP contribution in [-0.4, -0.2) is 85.7 Å². The van der Waals surface area contributed by atoms with E-state index >= 15 is 0 Å². The molecule has 18 nitrogen and oxygen atoms in total. The molecular weight excluding hydrogens is 884 g/mol. The highest BCUT2D eigenvalue weighted by Gasteiger charge is 2.46. The lowest BCUT2D eigenvalue weighted by Crippen LogP contribution is -2.36. The fourth-order valence-corrected chi connectivity index (χ4v) is 9.58. The SMILES string of the molecule is CCC(C)CCCCCCCCCCCCCCCCC(=O)O[C@H](COC(=O)CCCCCCCCC(C)C)COP(=O)(O)OP(=O)(O)OC[C@H]1O[C@@H](n2ccc(N)nc2=O)C(O)[C@H]1O. The van der Waals surface area contributed by atoms with Crippen molar-refractivity contribution in [2.75, 3.05) is 25.6 Å². The molecule has 0 aromatic carbocycles. The number of aromatic nitrogens is 2. The molecule has 0 saturated carbocycles. The van der Waals surface area contributed by atoms with E-state index in [0.717, 1.165) is 61.9 Å². The first kappa shape index (κ1) is 58.9. The quantitative estimate of drug-likeness (QED) is 0.0234. The zero-order valence-corrected chi connectivity index (χ0v) is 41.4. The Morgan fingerprint density at radius 1 is 0.738 bits per heavy atom. The molecule has 0 bridgehead atoms. The van der Waals surface area contributed by atoms with Gasteiger partial charge in [0.1, 0.15) is 30.7 Å². The van der Waals surface area contributed by atoms with Crippen LogP contribution in [0.5, 0.6) is 0 Å². The number of ether oxygens (including phenoxy) is 3. The maximum atomic E-state index is 12.8. The number of unbranched alkanes of at least 4 members (excludes halogenated alkanes) is 18. The number of phosphoric ester groups is 2. The second-order valence-corrected chi connectivity index (χ2v) is 21.1. The molecule has 0 spiro atoms. The lowest BCUT2D eigenvalue weighted by molar-refractivity contribution is -0.161. The van der Waals surface area contributed by atoms with Crippen LogP contribution in [0.3, 0.4) is 0 Å². The molecule has 4 unspecified atom stereocenters. The number of nitrogen functional groups attached to an aromatic ring is 1. The molecular formula is C45H83N3O15P2. The van der Waals surface area contributed by atoms with E-state index in [-0.39, 0.29) is 18.7 Å². The van der Waals surface area contributed by atoms with Crippen molar-refractivity contribution >= 4 is 33.4 Å². The second kappa shape index (κ2) is 33.3. The van der Waals surface area contributed by atoms with Crippen LogP contribution in [0.4, 0.5) is 5.82 Å². The first-order valence-corrected chi connectivity index (χ1v) is 27.3. The summed E-state index contributed by atoms with van der Waals surface area (Å²) in [7, 11) is -10.8. The third-order valence-corrected chi connectivity index (χ3v) is 14.3. The molecule has 1 saturated heterocycles. The fraction of sp³-hybridized carbons (Fsp3) is 0.867. The van der Waals surface area contributed by atoms with E-state index in [4.69, 9.17) is 29.0 Å². The number of aliphatic hydroxyl groups is 2. The van der Waals surface area contributed by atoms with E-state index in [9.17, 15) is 43.5 Å². The van der Waals surface area contributed by atoms with Crippen molar-refractivity contribution in [3.8, 4) is 0 Å². The van der Waals surface area contributed by atoms with Crippen molar-refractivity contribution in [2.24, 2.45) is 11.8 Å². The normalized spacial score (nSPS) is 20.3. The summed E-state index contributed by atoms with van der Waals surface area (Å²) in [4.78, 5) is 61.7. The molecule has 2 heterocycles. The van der Waals surface area contributed by atoms with E-state index < -0.39 is 83.7 Å². The van der Waals surface area contributed by atoms with Gasteiger partial charge >= 0.3 is 33.3 Å². The number of anilines is 1. The number of esters is 2. The highest BCUT2D eigenvalue weighted by Crippen LogP contribution is 2.60. The molecule has 378 valence electrons. The van der Waals surface area contributed by atoms with Crippen LogP contribution in [0.15, 0.2) is 17.1 Å². The maximum Gasteiger partial charge on any atom is 0.481 e. The summed E-state index contributed by atoms with van der Waals surface area (Å²) in [5.74, 6) is 0.232. The van der Waals surface area contributed by atoms with Crippen LogP contribution >= 0.6 is 15.6 Å². The number of carbonyl (C=O) groups excluding carboxylic acids is 2. The monoisotopic (exact) mass is 968 g/mol. The number of phosphoric acid groups is 2. The first-order chi connectivity index (χ1) is 30.9. The lowest BCUT2D eigenvalue weighted by atomic mass is 9.99. The Balaban J connectivity index is 1.79. The van der Waals surface area contributed by atoms with E-state index in [1.165, 1.54) is 95.7 Å². The first-order valence-electron chi connectivity index (χ1n) is 24.3. The molecule has 0 amide bonds. The van der Waals surface area contributed by atoms with Crippen molar-refractivity contribution in [2.45, 2.75) is 219 Å². The van der Waals surface area contributed by atoms with Crippen molar-refractivity contribution in [1.29, 1.82) is 0 Å². The van der Waals surface area contributed by atoms with E-state index in [2.05, 4.69) is 37.0 Å². The molecule has 2 rings (SSSR count). The van der Waals surface area contributed by atoms with Crippen LogP contribution < -0.4 is 11.4 Å². The minimum atomic E-state index is -5.41. The third-order valence-electron chi connectivity index (χ3n) is 11.7. The maximum absolute atomic E-state index is 12.8. The molecule has 65 heavy (non-hydrogen) atoms. The molecule has 8 atom stereocenters. The average Bonchev–Trinajstić information content (AvgIpc) is 3.52. The summed E-state index contributed by atoms with van der Waals surface area (Å²) in [6.07, 6.45) is 19.5. The molecule has 1 aromatic rings. The van der Waals surface area contributed by atoms with Crippen LogP contribution in [-0.2, 0) is 46.3 Å². The van der Waals surface area contributed by atoms with Gasteiger partial charge in [-0.2, -0.15) is 9.29 Å².